The van der Waals surface area contributed by atoms with Crippen molar-refractivity contribution in [2.75, 3.05) is 0 Å². The molecule has 2 nitrogen and oxygen atoms in total. The summed E-state index contributed by atoms with van der Waals surface area (Å²) in [6.45, 7) is 6.27. The van der Waals surface area contributed by atoms with E-state index in [2.05, 4.69) is 39.0 Å². The second kappa shape index (κ2) is 6.33. The first-order valence-corrected chi connectivity index (χ1v) is 7.92. The lowest BCUT2D eigenvalue weighted by molar-refractivity contribution is 0.142. The Kier molecular flexibility index (Phi) is 4.24. The topological polar surface area (TPSA) is 18.5 Å². The number of allylic oxidation sites excluding steroid dienone is 2. The molecule has 0 saturated heterocycles. The van der Waals surface area contributed by atoms with Gasteiger partial charge in [-0.25, -0.2) is 0 Å². The van der Waals surface area contributed by atoms with E-state index in [9.17, 15) is 0 Å². The largest absolute Gasteiger partial charge is 0.483 e. The van der Waals surface area contributed by atoms with Crippen molar-refractivity contribution < 1.29 is 9.47 Å². The van der Waals surface area contributed by atoms with Gasteiger partial charge in [0.1, 0.15) is 22.8 Å². The van der Waals surface area contributed by atoms with Crippen LogP contribution in [0, 0.1) is 6.92 Å². The molecule has 1 atom stereocenters. The molecule has 0 saturated carbocycles. The molecule has 0 amide bonds. The van der Waals surface area contributed by atoms with Gasteiger partial charge in [-0.1, -0.05) is 35.4 Å². The monoisotopic (exact) mass is 306 g/mol. The second-order valence-corrected chi connectivity index (χ2v) is 6.29. The van der Waals surface area contributed by atoms with Crippen molar-refractivity contribution in [2.45, 2.75) is 32.8 Å². The average Bonchev–Trinajstić information content (AvgIpc) is 2.55. The Morgan fingerprint density at radius 1 is 0.826 bits per heavy atom. The second-order valence-electron chi connectivity index (χ2n) is 6.29. The molecule has 3 rings (SSSR count). The van der Waals surface area contributed by atoms with Gasteiger partial charge < -0.3 is 9.47 Å². The maximum atomic E-state index is 6.13. The van der Waals surface area contributed by atoms with E-state index >= 15 is 0 Å². The number of benzene rings is 2. The highest BCUT2D eigenvalue weighted by atomic mass is 16.5. The van der Waals surface area contributed by atoms with Gasteiger partial charge in [-0.2, -0.15) is 0 Å². The molecule has 1 aliphatic rings. The van der Waals surface area contributed by atoms with E-state index in [4.69, 9.17) is 9.47 Å². The lowest BCUT2D eigenvalue weighted by atomic mass is 9.94. The minimum Gasteiger partial charge on any atom is -0.483 e. The first-order chi connectivity index (χ1) is 11.0. The van der Waals surface area contributed by atoms with Crippen LogP contribution < -0.4 is 9.47 Å². The summed E-state index contributed by atoms with van der Waals surface area (Å²) in [7, 11) is 0. The third-order valence-corrected chi connectivity index (χ3v) is 3.96. The standard InChI is InChI=1S/C21H22O2/c1-16-4-6-18(7-5-16)22-19-8-10-20(11-9-19)23-21(3)14-12-17(2)13-15-21/h4-14H,15H2,1-3H3. The zero-order valence-corrected chi connectivity index (χ0v) is 13.9. The minimum atomic E-state index is -0.279. The average molecular weight is 306 g/mol. The van der Waals surface area contributed by atoms with Crippen LogP contribution in [0.4, 0.5) is 0 Å². The van der Waals surface area contributed by atoms with E-state index in [0.717, 1.165) is 23.7 Å². The van der Waals surface area contributed by atoms with Crippen molar-refractivity contribution in [3.05, 3.63) is 77.9 Å². The molecule has 0 spiro atoms. The van der Waals surface area contributed by atoms with Crippen LogP contribution in [0.2, 0.25) is 0 Å². The fourth-order valence-electron chi connectivity index (χ4n) is 2.47. The maximum absolute atomic E-state index is 6.13. The number of aryl methyl sites for hydroxylation is 1. The van der Waals surface area contributed by atoms with Gasteiger partial charge in [0.2, 0.25) is 0 Å². The van der Waals surface area contributed by atoms with E-state index < -0.39 is 0 Å². The van der Waals surface area contributed by atoms with Gasteiger partial charge in [0.25, 0.3) is 0 Å². The van der Waals surface area contributed by atoms with Crippen molar-refractivity contribution in [3.8, 4) is 17.2 Å². The zero-order valence-electron chi connectivity index (χ0n) is 13.9. The smallest absolute Gasteiger partial charge is 0.128 e. The summed E-state index contributed by atoms with van der Waals surface area (Å²) in [6, 6.07) is 15.8. The molecule has 0 heterocycles. The third-order valence-electron chi connectivity index (χ3n) is 3.96. The Morgan fingerprint density at radius 2 is 1.39 bits per heavy atom. The van der Waals surface area contributed by atoms with Crippen molar-refractivity contribution in [1.82, 2.24) is 0 Å². The summed E-state index contributed by atoms with van der Waals surface area (Å²) in [5.41, 5.74) is 2.23. The quantitative estimate of drug-likeness (QED) is 0.707. The van der Waals surface area contributed by atoms with Crippen molar-refractivity contribution in [2.24, 2.45) is 0 Å². The van der Waals surface area contributed by atoms with E-state index in [0.29, 0.717) is 0 Å². The van der Waals surface area contributed by atoms with Crippen LogP contribution in [0.25, 0.3) is 0 Å². The van der Waals surface area contributed by atoms with Crippen LogP contribution in [0.5, 0.6) is 17.2 Å². The van der Waals surface area contributed by atoms with Crippen molar-refractivity contribution in [3.63, 3.8) is 0 Å². The molecule has 0 fully saturated rings. The Hall–Kier alpha value is -2.48. The molecular formula is C21H22O2. The van der Waals surface area contributed by atoms with Gasteiger partial charge in [0.15, 0.2) is 0 Å². The van der Waals surface area contributed by atoms with Crippen molar-refractivity contribution >= 4 is 0 Å². The Morgan fingerprint density at radius 3 is 1.96 bits per heavy atom. The summed E-state index contributed by atoms with van der Waals surface area (Å²) < 4.78 is 12.0. The van der Waals surface area contributed by atoms with Crippen LogP contribution in [0.1, 0.15) is 25.8 Å². The summed E-state index contributed by atoms with van der Waals surface area (Å²) >= 11 is 0. The number of ether oxygens (including phenoxy) is 2. The first-order valence-electron chi connectivity index (χ1n) is 7.92. The fraction of sp³-hybridized carbons (Fsp3) is 0.238. The van der Waals surface area contributed by atoms with Gasteiger partial charge in [0.05, 0.1) is 0 Å². The predicted molar refractivity (Wildman–Crippen MR) is 94.2 cm³/mol. The lowest BCUT2D eigenvalue weighted by Gasteiger charge is -2.29. The molecule has 2 aromatic carbocycles. The van der Waals surface area contributed by atoms with Gasteiger partial charge in [-0.05, 0) is 63.2 Å². The summed E-state index contributed by atoms with van der Waals surface area (Å²) in [4.78, 5) is 0. The molecule has 1 aliphatic carbocycles. The van der Waals surface area contributed by atoms with Gasteiger partial charge in [-0.15, -0.1) is 0 Å². The number of hydrogen-bond donors (Lipinski definition) is 0. The van der Waals surface area contributed by atoms with Gasteiger partial charge >= 0.3 is 0 Å². The Bertz CT molecular complexity index is 723. The molecule has 2 aromatic rings. The maximum Gasteiger partial charge on any atom is 0.128 e. The van der Waals surface area contributed by atoms with Crippen LogP contribution in [-0.2, 0) is 0 Å². The minimum absolute atomic E-state index is 0.279. The molecule has 0 N–H and O–H groups in total. The number of hydrogen-bond acceptors (Lipinski definition) is 2. The molecule has 0 aromatic heterocycles. The van der Waals surface area contributed by atoms with Crippen LogP contribution in [-0.4, -0.2) is 5.60 Å². The Labute approximate surface area is 138 Å². The normalized spacial score (nSPS) is 20.0. The van der Waals surface area contributed by atoms with Gasteiger partial charge in [0, 0.05) is 6.42 Å². The predicted octanol–water partition coefficient (Wildman–Crippen LogP) is 5.83. The molecule has 23 heavy (non-hydrogen) atoms. The van der Waals surface area contributed by atoms with Crippen molar-refractivity contribution in [1.29, 1.82) is 0 Å². The molecule has 2 heteroatoms. The highest BCUT2D eigenvalue weighted by Crippen LogP contribution is 2.29. The first kappa shape index (κ1) is 15.4. The third kappa shape index (κ3) is 4.04. The van der Waals surface area contributed by atoms with E-state index in [1.807, 2.05) is 48.5 Å². The SMILES string of the molecule is CC1=CCC(C)(Oc2ccc(Oc3ccc(C)cc3)cc2)C=C1. The summed E-state index contributed by atoms with van der Waals surface area (Å²) in [6.07, 6.45) is 7.32. The molecule has 1 unspecified atom stereocenters. The van der Waals surface area contributed by atoms with E-state index in [1.165, 1.54) is 11.1 Å². The van der Waals surface area contributed by atoms with Crippen LogP contribution in [0.3, 0.4) is 0 Å². The lowest BCUT2D eigenvalue weighted by Crippen LogP contribution is -2.30. The van der Waals surface area contributed by atoms with E-state index in [1.54, 1.807) is 0 Å². The van der Waals surface area contributed by atoms with E-state index in [-0.39, 0.29) is 5.60 Å². The summed E-state index contributed by atoms with van der Waals surface area (Å²) in [5, 5.41) is 0. The number of rotatable bonds is 4. The highest BCUT2D eigenvalue weighted by molar-refractivity contribution is 5.37. The molecule has 0 aliphatic heterocycles. The zero-order chi connectivity index (χ0) is 16.3. The van der Waals surface area contributed by atoms with Crippen LogP contribution in [0.15, 0.2) is 72.3 Å². The van der Waals surface area contributed by atoms with Gasteiger partial charge in [-0.3, -0.25) is 0 Å². The van der Waals surface area contributed by atoms with Crippen LogP contribution >= 0.6 is 0 Å². The molecular weight excluding hydrogens is 284 g/mol. The molecule has 0 bridgehead atoms. The highest BCUT2D eigenvalue weighted by Gasteiger charge is 2.23. The summed E-state index contributed by atoms with van der Waals surface area (Å²) in [5.74, 6) is 2.50. The Balaban J connectivity index is 1.65. The molecule has 118 valence electrons. The molecule has 0 radical (unpaired) electrons. The fourth-order valence-corrected chi connectivity index (χ4v) is 2.47.